The van der Waals surface area contributed by atoms with Crippen LogP contribution in [-0.2, 0) is 11.3 Å². The molecule has 0 unspecified atom stereocenters. The van der Waals surface area contributed by atoms with E-state index in [0.29, 0.717) is 6.54 Å². The average Bonchev–Trinajstić information content (AvgIpc) is 2.48. The third kappa shape index (κ3) is 3.44. The number of nitrogens with zero attached hydrogens (tertiary/aromatic N) is 2. The first-order valence-electron chi connectivity index (χ1n) is 6.96. The van der Waals surface area contributed by atoms with Gasteiger partial charge in [-0.1, -0.05) is 37.3 Å². The first kappa shape index (κ1) is 14.3. The van der Waals surface area contributed by atoms with Gasteiger partial charge >= 0.3 is 0 Å². The Hall–Kier alpha value is -2.16. The zero-order chi connectivity index (χ0) is 14.4. The summed E-state index contributed by atoms with van der Waals surface area (Å²) in [5.41, 5.74) is 3.36. The maximum absolute atomic E-state index is 11.7. The maximum Gasteiger partial charge on any atom is 0.219 e. The van der Waals surface area contributed by atoms with Gasteiger partial charge in [-0.15, -0.1) is 0 Å². The lowest BCUT2D eigenvalue weighted by molar-refractivity contribution is -0.129. The van der Waals surface area contributed by atoms with Gasteiger partial charge in [0.2, 0.25) is 5.91 Å². The predicted octanol–water partition coefficient (Wildman–Crippen LogP) is 3.51. The Morgan fingerprint density at radius 1 is 1.20 bits per heavy atom. The zero-order valence-corrected chi connectivity index (χ0v) is 12.0. The van der Waals surface area contributed by atoms with Gasteiger partial charge in [-0.2, -0.15) is 0 Å². The molecule has 1 heterocycles. The molecular formula is C17H20N2O. The zero-order valence-electron chi connectivity index (χ0n) is 12.0. The fourth-order valence-corrected chi connectivity index (χ4v) is 2.26. The summed E-state index contributed by atoms with van der Waals surface area (Å²) in [5.74, 6) is 0.114. The van der Waals surface area contributed by atoms with Crippen LogP contribution in [0.5, 0.6) is 0 Å². The average molecular weight is 268 g/mol. The number of hydrogen-bond donors (Lipinski definition) is 0. The lowest BCUT2D eigenvalue weighted by atomic mass is 10.0. The molecule has 0 aliphatic rings. The summed E-state index contributed by atoms with van der Waals surface area (Å²) < 4.78 is 0. The van der Waals surface area contributed by atoms with Gasteiger partial charge in [-0.05, 0) is 23.6 Å². The van der Waals surface area contributed by atoms with Gasteiger partial charge in [-0.25, -0.2) is 0 Å². The molecule has 1 aromatic carbocycles. The fraction of sp³-hybridized carbons (Fsp3) is 0.294. The number of carbonyl (C=O) groups excluding carboxylic acids is 1. The molecular weight excluding hydrogens is 248 g/mol. The summed E-state index contributed by atoms with van der Waals surface area (Å²) in [6.07, 6.45) is 4.62. The van der Waals surface area contributed by atoms with E-state index in [9.17, 15) is 4.79 Å². The van der Waals surface area contributed by atoms with Gasteiger partial charge in [0, 0.05) is 38.0 Å². The van der Waals surface area contributed by atoms with Crippen molar-refractivity contribution >= 4 is 5.91 Å². The van der Waals surface area contributed by atoms with E-state index in [0.717, 1.165) is 29.7 Å². The highest BCUT2D eigenvalue weighted by molar-refractivity contribution is 5.74. The molecule has 3 nitrogen and oxygen atoms in total. The largest absolute Gasteiger partial charge is 0.339 e. The molecule has 1 aromatic heterocycles. The van der Waals surface area contributed by atoms with Crippen LogP contribution in [0, 0.1) is 0 Å². The van der Waals surface area contributed by atoms with Crippen molar-refractivity contribution in [2.24, 2.45) is 0 Å². The minimum Gasteiger partial charge on any atom is -0.339 e. The Bertz CT molecular complexity index is 566. The molecule has 0 saturated heterocycles. The molecule has 3 heteroatoms. The second-order valence-electron chi connectivity index (χ2n) is 4.84. The van der Waals surface area contributed by atoms with Gasteiger partial charge in [0.05, 0.1) is 0 Å². The Labute approximate surface area is 120 Å². The quantitative estimate of drug-likeness (QED) is 0.831. The van der Waals surface area contributed by atoms with E-state index in [1.807, 2.05) is 35.4 Å². The van der Waals surface area contributed by atoms with Crippen LogP contribution in [-0.4, -0.2) is 22.3 Å². The topological polar surface area (TPSA) is 33.2 Å². The van der Waals surface area contributed by atoms with Crippen molar-refractivity contribution in [1.82, 2.24) is 9.88 Å². The van der Waals surface area contributed by atoms with Crippen LogP contribution < -0.4 is 0 Å². The Balaban J connectivity index is 2.31. The minimum absolute atomic E-state index is 0.114. The Kier molecular flexibility index (Phi) is 4.88. The molecule has 20 heavy (non-hydrogen) atoms. The van der Waals surface area contributed by atoms with Gasteiger partial charge in [-0.3, -0.25) is 9.78 Å². The summed E-state index contributed by atoms with van der Waals surface area (Å²) in [4.78, 5) is 17.8. The summed E-state index contributed by atoms with van der Waals surface area (Å²) in [6, 6.07) is 12.2. The molecule has 0 spiro atoms. The minimum atomic E-state index is 0.114. The van der Waals surface area contributed by atoms with Gasteiger partial charge < -0.3 is 4.90 Å². The third-order valence-corrected chi connectivity index (χ3v) is 3.30. The number of aromatic nitrogens is 1. The van der Waals surface area contributed by atoms with Gasteiger partial charge in [0.1, 0.15) is 0 Å². The highest BCUT2D eigenvalue weighted by Crippen LogP contribution is 2.23. The van der Waals surface area contributed by atoms with Crippen molar-refractivity contribution in [1.29, 1.82) is 0 Å². The lowest BCUT2D eigenvalue weighted by Gasteiger charge is -2.22. The molecule has 0 aliphatic carbocycles. The number of hydrogen-bond acceptors (Lipinski definition) is 2. The van der Waals surface area contributed by atoms with Crippen molar-refractivity contribution in [3.05, 3.63) is 54.4 Å². The Morgan fingerprint density at radius 2 is 1.95 bits per heavy atom. The number of rotatable bonds is 5. The molecule has 0 aliphatic heterocycles. The highest BCUT2D eigenvalue weighted by Gasteiger charge is 2.12. The van der Waals surface area contributed by atoms with Gasteiger partial charge in [0.15, 0.2) is 0 Å². The molecule has 0 N–H and O–H groups in total. The van der Waals surface area contributed by atoms with E-state index in [4.69, 9.17) is 0 Å². The van der Waals surface area contributed by atoms with Crippen molar-refractivity contribution in [3.8, 4) is 11.1 Å². The molecule has 2 rings (SSSR count). The normalized spacial score (nSPS) is 10.3. The van der Waals surface area contributed by atoms with E-state index in [2.05, 4.69) is 24.0 Å². The number of carbonyl (C=O) groups is 1. The smallest absolute Gasteiger partial charge is 0.219 e. The standard InChI is InChI=1S/C17H20N2O/c1-3-11-19(14(2)20)13-16-9-10-18-12-17(16)15-7-5-4-6-8-15/h4-10,12H,3,11,13H2,1-2H3. The van der Waals surface area contributed by atoms with Crippen LogP contribution in [0.1, 0.15) is 25.8 Å². The first-order valence-corrected chi connectivity index (χ1v) is 6.96. The monoisotopic (exact) mass is 268 g/mol. The summed E-state index contributed by atoms with van der Waals surface area (Å²) in [5, 5.41) is 0. The van der Waals surface area contributed by atoms with Crippen LogP contribution >= 0.6 is 0 Å². The Morgan fingerprint density at radius 3 is 2.60 bits per heavy atom. The SMILES string of the molecule is CCCN(Cc1ccncc1-c1ccccc1)C(C)=O. The molecule has 2 aromatic rings. The van der Waals surface area contributed by atoms with Crippen LogP contribution in [0.4, 0.5) is 0 Å². The molecule has 0 radical (unpaired) electrons. The fourth-order valence-electron chi connectivity index (χ4n) is 2.26. The molecule has 0 atom stereocenters. The molecule has 0 bridgehead atoms. The van der Waals surface area contributed by atoms with E-state index in [-0.39, 0.29) is 5.91 Å². The second kappa shape index (κ2) is 6.85. The van der Waals surface area contributed by atoms with Crippen LogP contribution in [0.25, 0.3) is 11.1 Å². The van der Waals surface area contributed by atoms with E-state index < -0.39 is 0 Å². The maximum atomic E-state index is 11.7. The van der Waals surface area contributed by atoms with E-state index in [1.54, 1.807) is 13.1 Å². The first-order chi connectivity index (χ1) is 9.72. The van der Waals surface area contributed by atoms with Crippen LogP contribution in [0.2, 0.25) is 0 Å². The van der Waals surface area contributed by atoms with Gasteiger partial charge in [0.25, 0.3) is 0 Å². The lowest BCUT2D eigenvalue weighted by Crippen LogP contribution is -2.29. The summed E-state index contributed by atoms with van der Waals surface area (Å²) >= 11 is 0. The van der Waals surface area contributed by atoms with Crippen molar-refractivity contribution in [3.63, 3.8) is 0 Å². The van der Waals surface area contributed by atoms with Crippen LogP contribution in [0.15, 0.2) is 48.8 Å². The molecule has 0 fully saturated rings. The number of pyridine rings is 1. The van der Waals surface area contributed by atoms with Crippen molar-refractivity contribution in [2.75, 3.05) is 6.54 Å². The van der Waals surface area contributed by atoms with Crippen molar-refractivity contribution < 1.29 is 4.79 Å². The van der Waals surface area contributed by atoms with Crippen LogP contribution in [0.3, 0.4) is 0 Å². The molecule has 0 saturated carbocycles. The van der Waals surface area contributed by atoms with E-state index in [1.165, 1.54) is 0 Å². The second-order valence-corrected chi connectivity index (χ2v) is 4.84. The predicted molar refractivity (Wildman–Crippen MR) is 81.1 cm³/mol. The molecule has 104 valence electrons. The van der Waals surface area contributed by atoms with E-state index >= 15 is 0 Å². The molecule has 1 amide bonds. The highest BCUT2D eigenvalue weighted by atomic mass is 16.2. The summed E-state index contributed by atoms with van der Waals surface area (Å²) in [6.45, 7) is 5.13. The number of benzene rings is 1. The summed E-state index contributed by atoms with van der Waals surface area (Å²) in [7, 11) is 0. The third-order valence-electron chi connectivity index (χ3n) is 3.30. The number of amides is 1. The van der Waals surface area contributed by atoms with Crippen molar-refractivity contribution in [2.45, 2.75) is 26.8 Å².